The van der Waals surface area contributed by atoms with Crippen molar-refractivity contribution in [2.45, 2.75) is 27.2 Å². The van der Waals surface area contributed by atoms with E-state index in [0.29, 0.717) is 0 Å². The second-order valence-electron chi connectivity index (χ2n) is 10.9. The van der Waals surface area contributed by atoms with Gasteiger partial charge in [-0.05, 0) is 65.3 Å². The van der Waals surface area contributed by atoms with Crippen molar-refractivity contribution in [2.75, 3.05) is 0 Å². The van der Waals surface area contributed by atoms with Crippen LogP contribution in [0.1, 0.15) is 41.2 Å². The molecule has 1 nitrogen and oxygen atoms in total. The van der Waals surface area contributed by atoms with Crippen LogP contribution in [-0.2, 0) is 0 Å². The summed E-state index contributed by atoms with van der Waals surface area (Å²) in [5, 5.41) is 0. The lowest BCUT2D eigenvalue weighted by atomic mass is 9.90. The van der Waals surface area contributed by atoms with Crippen LogP contribution < -0.4 is 0 Å². The maximum atomic E-state index is 5.39. The number of hydrogen-bond donors (Lipinski definition) is 0. The SMILES string of the molecule is CC[C@H]1C=C(c2ccc(-c3ccccc3)cc2)C=C(c2ccc(-c3ccc(C)cc3)cc2)N=C1c1cccc(C)c1. The summed E-state index contributed by atoms with van der Waals surface area (Å²) in [6.45, 7) is 6.53. The Morgan fingerprint density at radius 1 is 0.512 bits per heavy atom. The minimum atomic E-state index is 0.209. The Morgan fingerprint density at radius 2 is 1.05 bits per heavy atom. The minimum absolute atomic E-state index is 0.209. The average Bonchev–Trinajstić information content (AvgIpc) is 3.22. The van der Waals surface area contributed by atoms with Gasteiger partial charge in [-0.2, -0.15) is 0 Å². The average molecular weight is 530 g/mol. The molecule has 5 aromatic rings. The highest BCUT2D eigenvalue weighted by molar-refractivity contribution is 6.08. The van der Waals surface area contributed by atoms with E-state index in [1.54, 1.807) is 0 Å². The van der Waals surface area contributed by atoms with E-state index in [0.717, 1.165) is 23.4 Å². The number of allylic oxidation sites excluding steroid dienone is 3. The third-order valence-corrected chi connectivity index (χ3v) is 7.91. The normalized spacial score (nSPS) is 15.0. The van der Waals surface area contributed by atoms with Crippen LogP contribution in [0.15, 0.2) is 145 Å². The van der Waals surface area contributed by atoms with E-state index in [9.17, 15) is 0 Å². The zero-order chi connectivity index (χ0) is 28.2. The quantitative estimate of drug-likeness (QED) is 0.207. The molecule has 0 saturated heterocycles. The largest absolute Gasteiger partial charge is 0.252 e. The van der Waals surface area contributed by atoms with Crippen molar-refractivity contribution >= 4 is 17.0 Å². The number of aliphatic imine (C=N–C) groups is 1. The van der Waals surface area contributed by atoms with E-state index >= 15 is 0 Å². The van der Waals surface area contributed by atoms with Crippen molar-refractivity contribution in [1.82, 2.24) is 0 Å². The molecule has 0 unspecified atom stereocenters. The lowest BCUT2D eigenvalue weighted by molar-refractivity contribution is 0.819. The smallest absolute Gasteiger partial charge is 0.0711 e. The van der Waals surface area contributed by atoms with Crippen molar-refractivity contribution in [3.63, 3.8) is 0 Å². The van der Waals surface area contributed by atoms with Crippen LogP contribution in [0.5, 0.6) is 0 Å². The van der Waals surface area contributed by atoms with Crippen molar-refractivity contribution in [3.05, 3.63) is 167 Å². The van der Waals surface area contributed by atoms with Crippen LogP contribution in [0, 0.1) is 19.8 Å². The first-order valence-corrected chi connectivity index (χ1v) is 14.5. The first-order valence-electron chi connectivity index (χ1n) is 14.5. The van der Waals surface area contributed by atoms with Gasteiger partial charge in [0, 0.05) is 11.5 Å². The molecule has 1 aliphatic heterocycles. The molecule has 0 spiro atoms. The first kappa shape index (κ1) is 26.5. The van der Waals surface area contributed by atoms with E-state index in [-0.39, 0.29) is 5.92 Å². The monoisotopic (exact) mass is 529 g/mol. The van der Waals surface area contributed by atoms with Gasteiger partial charge in [-0.15, -0.1) is 0 Å². The topological polar surface area (TPSA) is 12.4 Å². The summed E-state index contributed by atoms with van der Waals surface area (Å²) in [7, 11) is 0. The van der Waals surface area contributed by atoms with Gasteiger partial charge in [-0.25, -0.2) is 0 Å². The van der Waals surface area contributed by atoms with Gasteiger partial charge in [0.25, 0.3) is 0 Å². The van der Waals surface area contributed by atoms with Crippen LogP contribution in [0.2, 0.25) is 0 Å². The van der Waals surface area contributed by atoms with Gasteiger partial charge in [0.15, 0.2) is 0 Å². The molecule has 1 heteroatoms. The Hall–Kier alpha value is -4.75. The van der Waals surface area contributed by atoms with Gasteiger partial charge in [-0.3, -0.25) is 4.99 Å². The van der Waals surface area contributed by atoms with Crippen molar-refractivity contribution in [1.29, 1.82) is 0 Å². The molecule has 0 fully saturated rings. The molecular weight excluding hydrogens is 494 g/mol. The number of aryl methyl sites for hydroxylation is 2. The summed E-state index contributed by atoms with van der Waals surface area (Å²) in [6, 6.07) is 45.8. The zero-order valence-corrected chi connectivity index (χ0v) is 24.0. The molecule has 0 bridgehead atoms. The third kappa shape index (κ3) is 5.90. The fourth-order valence-electron chi connectivity index (χ4n) is 5.52. The van der Waals surface area contributed by atoms with E-state index < -0.39 is 0 Å². The van der Waals surface area contributed by atoms with Crippen molar-refractivity contribution in [3.8, 4) is 22.3 Å². The van der Waals surface area contributed by atoms with Crippen LogP contribution in [0.4, 0.5) is 0 Å². The van der Waals surface area contributed by atoms with E-state index in [1.165, 1.54) is 50.1 Å². The predicted molar refractivity (Wildman–Crippen MR) is 176 cm³/mol. The Balaban J connectivity index is 1.43. The molecule has 0 aliphatic carbocycles. The highest BCUT2D eigenvalue weighted by atomic mass is 14.8. The Morgan fingerprint density at radius 3 is 1.66 bits per heavy atom. The fourth-order valence-corrected chi connectivity index (χ4v) is 5.52. The van der Waals surface area contributed by atoms with E-state index in [2.05, 4.69) is 160 Å². The minimum Gasteiger partial charge on any atom is -0.252 e. The number of hydrogen-bond acceptors (Lipinski definition) is 1. The molecular formula is C40H35N. The molecule has 5 aromatic carbocycles. The fraction of sp³-hybridized carbons (Fsp3) is 0.125. The first-order chi connectivity index (χ1) is 20.1. The highest BCUT2D eigenvalue weighted by Crippen LogP contribution is 2.34. The molecule has 1 atom stereocenters. The summed E-state index contributed by atoms with van der Waals surface area (Å²) in [5.41, 5.74) is 14.3. The van der Waals surface area contributed by atoms with Gasteiger partial charge in [0.1, 0.15) is 0 Å². The van der Waals surface area contributed by atoms with Crippen LogP contribution >= 0.6 is 0 Å². The van der Waals surface area contributed by atoms with Crippen LogP contribution in [0.3, 0.4) is 0 Å². The number of nitrogens with zero attached hydrogens (tertiary/aromatic N) is 1. The predicted octanol–water partition coefficient (Wildman–Crippen LogP) is 10.6. The van der Waals surface area contributed by atoms with Crippen molar-refractivity contribution in [2.24, 2.45) is 10.9 Å². The summed E-state index contributed by atoms with van der Waals surface area (Å²) in [6.07, 6.45) is 5.65. The van der Waals surface area contributed by atoms with E-state index in [1.807, 2.05) is 0 Å². The third-order valence-electron chi connectivity index (χ3n) is 7.91. The van der Waals surface area contributed by atoms with Crippen LogP contribution in [0.25, 0.3) is 33.5 Å². The highest BCUT2D eigenvalue weighted by Gasteiger charge is 2.20. The molecule has 1 aliphatic rings. The number of rotatable bonds is 6. The molecule has 41 heavy (non-hydrogen) atoms. The molecule has 1 heterocycles. The van der Waals surface area contributed by atoms with Gasteiger partial charge in [-0.1, -0.05) is 152 Å². The Bertz CT molecular complexity index is 1730. The summed E-state index contributed by atoms with van der Waals surface area (Å²) < 4.78 is 0. The second kappa shape index (κ2) is 11.8. The van der Waals surface area contributed by atoms with Gasteiger partial charge >= 0.3 is 0 Å². The molecule has 0 aromatic heterocycles. The molecule has 200 valence electrons. The van der Waals surface area contributed by atoms with Gasteiger partial charge in [0.05, 0.1) is 11.4 Å². The standard InChI is InChI=1S/C40H35N/c1-4-30-26-38(35-19-17-33(18-20-35)31-10-6-5-7-11-31)27-39(41-40(30)37-12-8-9-29(3)25-37)36-23-21-34(22-24-36)32-15-13-28(2)14-16-32/h5-27,30H,4H2,1-3H3/t30-/m0/s1. The van der Waals surface area contributed by atoms with Crippen molar-refractivity contribution < 1.29 is 0 Å². The van der Waals surface area contributed by atoms with Gasteiger partial charge < -0.3 is 0 Å². The summed E-state index contributed by atoms with van der Waals surface area (Å²) in [5.74, 6) is 0.209. The number of benzene rings is 5. The van der Waals surface area contributed by atoms with Gasteiger partial charge in [0.2, 0.25) is 0 Å². The lowest BCUT2D eigenvalue weighted by Crippen LogP contribution is -2.13. The molecule has 0 amide bonds. The van der Waals surface area contributed by atoms with Crippen LogP contribution in [-0.4, -0.2) is 5.71 Å². The zero-order valence-electron chi connectivity index (χ0n) is 24.0. The maximum Gasteiger partial charge on any atom is 0.0711 e. The maximum absolute atomic E-state index is 5.39. The Labute approximate surface area is 244 Å². The van der Waals surface area contributed by atoms with E-state index in [4.69, 9.17) is 4.99 Å². The molecule has 0 radical (unpaired) electrons. The molecule has 0 saturated carbocycles. The molecule has 0 N–H and O–H groups in total. The lowest BCUT2D eigenvalue weighted by Gasteiger charge is -2.15. The summed E-state index contributed by atoms with van der Waals surface area (Å²) >= 11 is 0. The summed E-state index contributed by atoms with van der Waals surface area (Å²) in [4.78, 5) is 5.39. The molecule has 6 rings (SSSR count). The Kier molecular flexibility index (Phi) is 7.60. The second-order valence-corrected chi connectivity index (χ2v) is 10.9.